The predicted molar refractivity (Wildman–Crippen MR) is 158 cm³/mol. The van der Waals surface area contributed by atoms with Gasteiger partial charge in [-0.25, -0.2) is 13.2 Å². The summed E-state index contributed by atoms with van der Waals surface area (Å²) in [7, 11) is -2.03. The third-order valence-corrected chi connectivity index (χ3v) is 10.2. The maximum Gasteiger partial charge on any atom is 0.410 e. The van der Waals surface area contributed by atoms with E-state index in [-0.39, 0.29) is 17.8 Å². The number of nitrogens with zero attached hydrogens (tertiary/aromatic N) is 3. The molecular weight excluding hydrogens is 558 g/mol. The van der Waals surface area contributed by atoms with Gasteiger partial charge in [-0.1, -0.05) is 29.8 Å². The molecule has 10 nitrogen and oxygen atoms in total. The Balaban J connectivity index is 1.22. The van der Waals surface area contributed by atoms with E-state index < -0.39 is 33.4 Å². The number of ether oxygens (including phenoxy) is 3. The van der Waals surface area contributed by atoms with Gasteiger partial charge in [0.2, 0.25) is 10.0 Å². The number of sulfonamides is 1. The van der Waals surface area contributed by atoms with Crippen molar-refractivity contribution >= 4 is 22.0 Å². The van der Waals surface area contributed by atoms with Crippen molar-refractivity contribution in [3.8, 4) is 5.75 Å². The molecule has 0 radical (unpaired) electrons. The Hall–Kier alpha value is -3.15. The number of hydrogen-bond acceptors (Lipinski definition) is 7. The first-order valence-corrected chi connectivity index (χ1v) is 15.9. The van der Waals surface area contributed by atoms with Crippen LogP contribution >= 0.6 is 0 Å². The SMILES string of the molecule is COC1CN(C(=O)c2cc(C)ccc2C)CC1Oc1cccc(CS(=O)(=O)N2CCC23CN(C(=O)OC(C)(C)C)C3)c1. The molecule has 2 unspecified atom stereocenters. The van der Waals surface area contributed by atoms with E-state index in [1.807, 2.05) is 52.8 Å². The first-order chi connectivity index (χ1) is 19.7. The third-order valence-electron chi connectivity index (χ3n) is 8.23. The molecule has 3 fully saturated rings. The minimum absolute atomic E-state index is 0.0612. The molecule has 0 aliphatic carbocycles. The molecule has 5 rings (SSSR count). The molecule has 3 aliphatic heterocycles. The van der Waals surface area contributed by atoms with E-state index in [1.54, 1.807) is 41.2 Å². The van der Waals surface area contributed by atoms with Crippen LogP contribution in [0.3, 0.4) is 0 Å². The van der Waals surface area contributed by atoms with E-state index in [2.05, 4.69) is 0 Å². The zero-order valence-corrected chi connectivity index (χ0v) is 26.1. The summed E-state index contributed by atoms with van der Waals surface area (Å²) in [6.07, 6.45) is -0.424. The van der Waals surface area contributed by atoms with Crippen LogP contribution in [0.1, 0.15) is 54.2 Å². The number of likely N-dealkylation sites (tertiary alicyclic amines) is 2. The van der Waals surface area contributed by atoms with Gasteiger partial charge in [0.05, 0.1) is 24.4 Å². The predicted octanol–water partition coefficient (Wildman–Crippen LogP) is 3.75. The lowest BCUT2D eigenvalue weighted by atomic mass is 9.80. The lowest BCUT2D eigenvalue weighted by Crippen LogP contribution is -2.78. The largest absolute Gasteiger partial charge is 0.486 e. The second kappa shape index (κ2) is 11.2. The van der Waals surface area contributed by atoms with Crippen molar-refractivity contribution in [1.29, 1.82) is 0 Å². The Labute approximate surface area is 248 Å². The Bertz CT molecular complexity index is 1460. The van der Waals surface area contributed by atoms with E-state index in [0.29, 0.717) is 56.0 Å². The van der Waals surface area contributed by atoms with Crippen molar-refractivity contribution in [2.75, 3.05) is 39.8 Å². The van der Waals surface area contributed by atoms with Crippen molar-refractivity contribution in [1.82, 2.24) is 14.1 Å². The van der Waals surface area contributed by atoms with Gasteiger partial charge >= 0.3 is 6.09 Å². The molecule has 1 spiro atoms. The zero-order valence-electron chi connectivity index (χ0n) is 25.3. The number of benzene rings is 2. The van der Waals surface area contributed by atoms with Crippen LogP contribution in [-0.4, -0.2) is 97.7 Å². The molecular formula is C31H41N3O7S. The molecule has 0 aromatic heterocycles. The highest BCUT2D eigenvalue weighted by Gasteiger charge is 2.59. The van der Waals surface area contributed by atoms with Gasteiger partial charge in [0.1, 0.15) is 23.6 Å². The molecule has 42 heavy (non-hydrogen) atoms. The molecule has 0 bridgehead atoms. The average molecular weight is 600 g/mol. The molecule has 3 heterocycles. The number of aryl methyl sites for hydroxylation is 2. The first kappa shape index (κ1) is 30.3. The highest BCUT2D eigenvalue weighted by Crippen LogP contribution is 2.42. The molecule has 11 heteroatoms. The molecule has 228 valence electrons. The summed E-state index contributed by atoms with van der Waals surface area (Å²) in [5, 5.41) is 0. The highest BCUT2D eigenvalue weighted by molar-refractivity contribution is 7.88. The van der Waals surface area contributed by atoms with Gasteiger partial charge in [-0.15, -0.1) is 0 Å². The molecule has 3 saturated heterocycles. The van der Waals surface area contributed by atoms with E-state index in [4.69, 9.17) is 14.2 Å². The van der Waals surface area contributed by atoms with Gasteiger partial charge in [0.15, 0.2) is 0 Å². The monoisotopic (exact) mass is 599 g/mol. The molecule has 2 aromatic carbocycles. The number of rotatable bonds is 7. The van der Waals surface area contributed by atoms with Gasteiger partial charge in [-0.3, -0.25) is 4.79 Å². The normalized spacial score (nSPS) is 22.0. The maximum atomic E-state index is 13.4. The first-order valence-electron chi connectivity index (χ1n) is 14.3. The summed E-state index contributed by atoms with van der Waals surface area (Å²) in [4.78, 5) is 29.0. The Kier molecular flexibility index (Phi) is 8.06. The summed E-state index contributed by atoms with van der Waals surface area (Å²) in [5.74, 6) is 0.288. The third kappa shape index (κ3) is 6.14. The van der Waals surface area contributed by atoms with E-state index >= 15 is 0 Å². The number of hydrogen-bond donors (Lipinski definition) is 0. The van der Waals surface area contributed by atoms with Crippen LogP contribution in [0.4, 0.5) is 4.79 Å². The zero-order chi connectivity index (χ0) is 30.4. The minimum atomic E-state index is -3.63. The summed E-state index contributed by atoms with van der Waals surface area (Å²) in [6, 6.07) is 12.9. The van der Waals surface area contributed by atoms with E-state index in [9.17, 15) is 18.0 Å². The van der Waals surface area contributed by atoms with Gasteiger partial charge < -0.3 is 24.0 Å². The fraction of sp³-hybridized carbons (Fsp3) is 0.548. The van der Waals surface area contributed by atoms with Crippen LogP contribution < -0.4 is 4.74 Å². The Morgan fingerprint density at radius 2 is 1.71 bits per heavy atom. The summed E-state index contributed by atoms with van der Waals surface area (Å²) < 4.78 is 45.8. The number of amides is 2. The lowest BCUT2D eigenvalue weighted by Gasteiger charge is -2.60. The van der Waals surface area contributed by atoms with Crippen molar-refractivity contribution in [3.05, 3.63) is 64.7 Å². The topological polar surface area (TPSA) is 106 Å². The molecule has 0 N–H and O–H groups in total. The average Bonchev–Trinajstić information content (AvgIpc) is 3.25. The summed E-state index contributed by atoms with van der Waals surface area (Å²) in [6.45, 7) is 11.2. The molecule has 2 aromatic rings. The van der Waals surface area contributed by atoms with Crippen LogP contribution in [0, 0.1) is 13.8 Å². The van der Waals surface area contributed by atoms with Crippen molar-refractivity contribution in [2.24, 2.45) is 0 Å². The number of carbonyl (C=O) groups excluding carboxylic acids is 2. The quantitative estimate of drug-likeness (QED) is 0.477. The second-order valence-electron chi connectivity index (χ2n) is 12.7. The molecule has 2 atom stereocenters. The minimum Gasteiger partial charge on any atom is -0.486 e. The van der Waals surface area contributed by atoms with Crippen LogP contribution in [0.2, 0.25) is 0 Å². The second-order valence-corrected chi connectivity index (χ2v) is 14.6. The maximum absolute atomic E-state index is 13.4. The molecule has 2 amide bonds. The summed E-state index contributed by atoms with van der Waals surface area (Å²) in [5.41, 5.74) is 2.06. The molecule has 0 saturated carbocycles. The fourth-order valence-corrected chi connectivity index (χ4v) is 7.87. The number of methoxy groups -OCH3 is 1. The molecule has 3 aliphatic rings. The van der Waals surface area contributed by atoms with Gasteiger partial charge in [0.25, 0.3) is 5.91 Å². The Morgan fingerprint density at radius 1 is 1.00 bits per heavy atom. The van der Waals surface area contributed by atoms with Crippen molar-refractivity contribution < 1.29 is 32.2 Å². The van der Waals surface area contributed by atoms with E-state index in [0.717, 1.165) is 11.1 Å². The van der Waals surface area contributed by atoms with Gasteiger partial charge in [0, 0.05) is 32.3 Å². The van der Waals surface area contributed by atoms with Crippen LogP contribution in [0.5, 0.6) is 5.75 Å². The summed E-state index contributed by atoms with van der Waals surface area (Å²) >= 11 is 0. The van der Waals surface area contributed by atoms with Gasteiger partial charge in [-0.2, -0.15) is 4.31 Å². The van der Waals surface area contributed by atoms with Crippen LogP contribution in [-0.2, 0) is 25.2 Å². The smallest absolute Gasteiger partial charge is 0.410 e. The van der Waals surface area contributed by atoms with E-state index in [1.165, 1.54) is 4.31 Å². The van der Waals surface area contributed by atoms with Gasteiger partial charge in [-0.05, 0) is 70.4 Å². The lowest BCUT2D eigenvalue weighted by molar-refractivity contribution is -0.0781. The standard InChI is InChI=1S/C31H41N3O7S/c1-21-10-11-22(2)25(14-21)28(35)32-16-26(39-6)27(17-32)40-24-9-7-8-23(15-24)18-42(37,38)34-13-12-31(34)19-33(20-31)29(36)41-30(3,4)5/h7-11,14-15,26-27H,12-13,16-20H2,1-6H3. The van der Waals surface area contributed by atoms with Crippen molar-refractivity contribution in [2.45, 2.75) is 70.1 Å². The van der Waals surface area contributed by atoms with Crippen LogP contribution in [0.25, 0.3) is 0 Å². The van der Waals surface area contributed by atoms with Crippen molar-refractivity contribution in [3.63, 3.8) is 0 Å². The van der Waals surface area contributed by atoms with Crippen LogP contribution in [0.15, 0.2) is 42.5 Å². The highest BCUT2D eigenvalue weighted by atomic mass is 32.2. The Morgan fingerprint density at radius 3 is 2.36 bits per heavy atom. The fourth-order valence-electron chi connectivity index (χ4n) is 5.95. The number of carbonyl (C=O) groups is 2.